The molecule has 0 bridgehead atoms. The van der Waals surface area contributed by atoms with Gasteiger partial charge in [0.25, 0.3) is 5.91 Å². The molecule has 0 fully saturated rings. The Labute approximate surface area is 143 Å². The molecule has 1 aliphatic heterocycles. The number of carbonyl (C=O) groups excluding carboxylic acids is 2. The maximum absolute atomic E-state index is 13.0. The van der Waals surface area contributed by atoms with Crippen LogP contribution in [-0.4, -0.2) is 17.6 Å². The van der Waals surface area contributed by atoms with Gasteiger partial charge in [0.1, 0.15) is 5.82 Å². The molecule has 0 unspecified atom stereocenters. The van der Waals surface area contributed by atoms with Crippen molar-refractivity contribution in [1.82, 2.24) is 5.32 Å². The number of nitrogens with one attached hydrogen (secondary N) is 2. The summed E-state index contributed by atoms with van der Waals surface area (Å²) in [6.45, 7) is 1.84. The van der Waals surface area contributed by atoms with Gasteiger partial charge in [-0.15, -0.1) is 11.8 Å². The highest BCUT2D eigenvalue weighted by atomic mass is 32.2. The van der Waals surface area contributed by atoms with E-state index in [-0.39, 0.29) is 23.7 Å². The smallest absolute Gasteiger partial charge is 0.251 e. The van der Waals surface area contributed by atoms with Crippen molar-refractivity contribution in [2.24, 2.45) is 0 Å². The number of hydrogen-bond donors (Lipinski definition) is 2. The molecule has 3 rings (SSSR count). The lowest BCUT2D eigenvalue weighted by molar-refractivity contribution is -0.115. The minimum absolute atomic E-state index is 0.0431. The van der Waals surface area contributed by atoms with Crippen molar-refractivity contribution in [3.8, 4) is 0 Å². The molecule has 2 aromatic rings. The zero-order chi connectivity index (χ0) is 17.1. The van der Waals surface area contributed by atoms with Gasteiger partial charge in [-0.2, -0.15) is 0 Å². The van der Waals surface area contributed by atoms with Crippen LogP contribution in [-0.2, 0) is 4.79 Å². The average Bonchev–Trinajstić information content (AvgIpc) is 2.75. The molecule has 2 aromatic carbocycles. The van der Waals surface area contributed by atoms with Crippen LogP contribution in [0, 0.1) is 5.82 Å². The largest absolute Gasteiger partial charge is 0.346 e. The molecular weight excluding hydrogens is 327 g/mol. The van der Waals surface area contributed by atoms with Crippen molar-refractivity contribution in [3.05, 3.63) is 59.4 Å². The van der Waals surface area contributed by atoms with E-state index >= 15 is 0 Å². The van der Waals surface area contributed by atoms with Crippen LogP contribution in [0.4, 0.5) is 10.1 Å². The highest BCUT2D eigenvalue weighted by Gasteiger charge is 2.17. The number of carbonyl (C=O) groups is 2. The fourth-order valence-electron chi connectivity index (χ4n) is 2.48. The zero-order valence-corrected chi connectivity index (χ0v) is 14.0. The summed E-state index contributed by atoms with van der Waals surface area (Å²) in [4.78, 5) is 25.1. The van der Waals surface area contributed by atoms with Gasteiger partial charge < -0.3 is 10.6 Å². The van der Waals surface area contributed by atoms with E-state index in [0.29, 0.717) is 17.7 Å². The van der Waals surface area contributed by atoms with E-state index in [1.165, 1.54) is 12.1 Å². The van der Waals surface area contributed by atoms with Gasteiger partial charge >= 0.3 is 0 Å². The Kier molecular flexibility index (Phi) is 4.85. The van der Waals surface area contributed by atoms with Gasteiger partial charge in [-0.05, 0) is 42.8 Å². The lowest BCUT2D eigenvalue weighted by atomic mass is 10.1. The Balaban J connectivity index is 1.75. The third kappa shape index (κ3) is 3.76. The molecule has 24 heavy (non-hydrogen) atoms. The van der Waals surface area contributed by atoms with Crippen LogP contribution in [0.1, 0.15) is 35.3 Å². The number of benzene rings is 2. The van der Waals surface area contributed by atoms with Crippen molar-refractivity contribution >= 4 is 29.3 Å². The molecule has 0 radical (unpaired) electrons. The van der Waals surface area contributed by atoms with Crippen LogP contribution in [0.5, 0.6) is 0 Å². The Morgan fingerprint density at radius 3 is 2.75 bits per heavy atom. The first kappa shape index (κ1) is 16.5. The maximum Gasteiger partial charge on any atom is 0.251 e. The molecule has 124 valence electrons. The van der Waals surface area contributed by atoms with Crippen molar-refractivity contribution in [1.29, 1.82) is 0 Å². The van der Waals surface area contributed by atoms with Crippen LogP contribution < -0.4 is 10.6 Å². The minimum atomic E-state index is -0.309. The summed E-state index contributed by atoms with van der Waals surface area (Å²) in [5.74, 6) is 0.138. The number of fused-ring (bicyclic) bond motifs is 1. The molecule has 4 nitrogen and oxygen atoms in total. The van der Waals surface area contributed by atoms with Crippen LogP contribution in [0.25, 0.3) is 0 Å². The van der Waals surface area contributed by atoms with Gasteiger partial charge in [0.05, 0.1) is 11.7 Å². The molecule has 0 aromatic heterocycles. The lowest BCUT2D eigenvalue weighted by Crippen LogP contribution is -2.26. The number of rotatable bonds is 3. The quantitative estimate of drug-likeness (QED) is 0.891. The maximum atomic E-state index is 13.0. The van der Waals surface area contributed by atoms with Crippen LogP contribution in [0.3, 0.4) is 0 Å². The van der Waals surface area contributed by atoms with E-state index in [2.05, 4.69) is 10.6 Å². The van der Waals surface area contributed by atoms with E-state index < -0.39 is 0 Å². The fourth-order valence-corrected chi connectivity index (χ4v) is 3.41. The van der Waals surface area contributed by atoms with Crippen molar-refractivity contribution < 1.29 is 14.0 Å². The van der Waals surface area contributed by atoms with Gasteiger partial charge in [-0.1, -0.05) is 12.1 Å². The second-order valence-corrected chi connectivity index (χ2v) is 6.74. The SMILES string of the molecule is C[C@@H](NC(=O)c1ccc2c(c1)NC(=O)CCS2)c1ccc(F)cc1. The molecule has 0 aliphatic carbocycles. The van der Waals surface area contributed by atoms with E-state index in [1.54, 1.807) is 36.0 Å². The van der Waals surface area contributed by atoms with Gasteiger partial charge in [-0.3, -0.25) is 9.59 Å². The third-order valence-corrected chi connectivity index (χ3v) is 4.90. The Bertz CT molecular complexity index is 777. The van der Waals surface area contributed by atoms with E-state index in [0.717, 1.165) is 16.2 Å². The zero-order valence-electron chi connectivity index (χ0n) is 13.1. The summed E-state index contributed by atoms with van der Waals surface area (Å²) < 4.78 is 13.0. The fraction of sp³-hybridized carbons (Fsp3) is 0.222. The van der Waals surface area contributed by atoms with Gasteiger partial charge in [0.2, 0.25) is 5.91 Å². The number of thioether (sulfide) groups is 1. The Hall–Kier alpha value is -2.34. The first-order chi connectivity index (χ1) is 11.5. The van der Waals surface area contributed by atoms with Crippen LogP contribution in [0.2, 0.25) is 0 Å². The van der Waals surface area contributed by atoms with Gasteiger partial charge in [0.15, 0.2) is 0 Å². The summed E-state index contributed by atoms with van der Waals surface area (Å²) in [5.41, 5.74) is 1.97. The predicted molar refractivity (Wildman–Crippen MR) is 92.7 cm³/mol. The summed E-state index contributed by atoms with van der Waals surface area (Å²) in [7, 11) is 0. The van der Waals surface area contributed by atoms with E-state index in [1.807, 2.05) is 13.0 Å². The van der Waals surface area contributed by atoms with E-state index in [9.17, 15) is 14.0 Å². The normalized spacial score (nSPS) is 15.0. The first-order valence-electron chi connectivity index (χ1n) is 7.66. The molecule has 6 heteroatoms. The van der Waals surface area contributed by atoms with Crippen LogP contribution >= 0.6 is 11.8 Å². The molecular formula is C18H17FN2O2S. The third-order valence-electron chi connectivity index (χ3n) is 3.82. The second-order valence-electron chi connectivity index (χ2n) is 5.60. The summed E-state index contributed by atoms with van der Waals surface area (Å²) in [5, 5.41) is 5.71. The highest BCUT2D eigenvalue weighted by molar-refractivity contribution is 7.99. The minimum Gasteiger partial charge on any atom is -0.346 e. The van der Waals surface area contributed by atoms with Gasteiger partial charge in [-0.25, -0.2) is 4.39 Å². The molecule has 1 atom stereocenters. The molecule has 1 heterocycles. The van der Waals surface area contributed by atoms with Crippen molar-refractivity contribution in [2.45, 2.75) is 24.3 Å². The number of halogens is 1. The summed E-state index contributed by atoms with van der Waals surface area (Å²) in [6, 6.07) is 11.1. The standard InChI is InChI=1S/C18H17FN2O2S/c1-11(12-2-5-14(19)6-3-12)20-18(23)13-4-7-16-15(10-13)21-17(22)8-9-24-16/h2-7,10-11H,8-9H2,1H3,(H,20,23)(H,21,22)/t11-/m1/s1. The highest BCUT2D eigenvalue weighted by Crippen LogP contribution is 2.31. The van der Waals surface area contributed by atoms with Crippen molar-refractivity contribution in [2.75, 3.05) is 11.1 Å². The second kappa shape index (κ2) is 7.05. The van der Waals surface area contributed by atoms with Crippen molar-refractivity contribution in [3.63, 3.8) is 0 Å². The van der Waals surface area contributed by atoms with Gasteiger partial charge in [0, 0.05) is 22.6 Å². The average molecular weight is 344 g/mol. The molecule has 0 saturated carbocycles. The Morgan fingerprint density at radius 1 is 1.25 bits per heavy atom. The monoisotopic (exact) mass is 344 g/mol. The summed E-state index contributed by atoms with van der Waals surface area (Å²) >= 11 is 1.60. The first-order valence-corrected chi connectivity index (χ1v) is 8.64. The molecule has 2 amide bonds. The molecule has 2 N–H and O–H groups in total. The van der Waals surface area contributed by atoms with E-state index in [4.69, 9.17) is 0 Å². The molecule has 1 aliphatic rings. The molecule has 0 saturated heterocycles. The summed E-state index contributed by atoms with van der Waals surface area (Å²) in [6.07, 6.45) is 0.461. The predicted octanol–water partition coefficient (Wildman–Crippen LogP) is 3.75. The topological polar surface area (TPSA) is 58.2 Å². The Morgan fingerprint density at radius 2 is 2.00 bits per heavy atom. The number of hydrogen-bond acceptors (Lipinski definition) is 3. The van der Waals surface area contributed by atoms with Crippen LogP contribution in [0.15, 0.2) is 47.4 Å². The molecule has 0 spiro atoms. The lowest BCUT2D eigenvalue weighted by Gasteiger charge is -2.15. The number of amides is 2. The number of anilines is 1.